The van der Waals surface area contributed by atoms with Crippen molar-refractivity contribution in [1.29, 1.82) is 0 Å². The first-order valence-electron chi connectivity index (χ1n) is 6.92. The van der Waals surface area contributed by atoms with Gasteiger partial charge in [-0.25, -0.2) is 4.79 Å². The molecular weight excluding hydrogens is 314 g/mol. The van der Waals surface area contributed by atoms with Gasteiger partial charge in [-0.05, 0) is 54.6 Å². The van der Waals surface area contributed by atoms with Crippen LogP contribution in [-0.4, -0.2) is 15.7 Å². The Labute approximate surface area is 138 Å². The standard InChI is InChI=1S/C17H14ClN3O2/c18-12-3-8-16(22)15(11-12)20-17(23)19-13-4-6-14(7-5-13)21-9-1-2-10-21/h1-11,22H,(H2,19,20,23). The minimum Gasteiger partial charge on any atom is -0.506 e. The van der Waals surface area contributed by atoms with E-state index in [1.54, 1.807) is 18.2 Å². The van der Waals surface area contributed by atoms with Crippen LogP contribution in [0.2, 0.25) is 5.02 Å². The fourth-order valence-electron chi connectivity index (χ4n) is 2.12. The first-order valence-corrected chi connectivity index (χ1v) is 7.29. The molecule has 5 nitrogen and oxygen atoms in total. The van der Waals surface area contributed by atoms with Crippen LogP contribution in [0.15, 0.2) is 67.0 Å². The molecule has 1 heterocycles. The van der Waals surface area contributed by atoms with Gasteiger partial charge in [0.05, 0.1) is 5.69 Å². The number of carbonyl (C=O) groups excluding carboxylic acids is 1. The van der Waals surface area contributed by atoms with E-state index in [0.29, 0.717) is 10.7 Å². The van der Waals surface area contributed by atoms with E-state index in [0.717, 1.165) is 5.69 Å². The largest absolute Gasteiger partial charge is 0.506 e. The van der Waals surface area contributed by atoms with Crippen LogP contribution in [0.3, 0.4) is 0 Å². The third kappa shape index (κ3) is 3.64. The Morgan fingerprint density at radius 2 is 1.70 bits per heavy atom. The highest BCUT2D eigenvalue weighted by Crippen LogP contribution is 2.26. The second-order valence-corrected chi connectivity index (χ2v) is 5.31. The molecule has 6 heteroatoms. The Hall–Kier alpha value is -2.92. The van der Waals surface area contributed by atoms with Crippen molar-refractivity contribution in [2.75, 3.05) is 10.6 Å². The average Bonchev–Trinajstić information content (AvgIpc) is 3.06. The van der Waals surface area contributed by atoms with Crippen LogP contribution in [0.4, 0.5) is 16.2 Å². The normalized spacial score (nSPS) is 10.3. The topological polar surface area (TPSA) is 66.3 Å². The van der Waals surface area contributed by atoms with E-state index in [2.05, 4.69) is 10.6 Å². The summed E-state index contributed by atoms with van der Waals surface area (Å²) in [5.41, 5.74) is 1.88. The van der Waals surface area contributed by atoms with Gasteiger partial charge in [-0.2, -0.15) is 0 Å². The molecule has 2 aromatic carbocycles. The molecule has 116 valence electrons. The number of nitrogens with zero attached hydrogens (tertiary/aromatic N) is 1. The van der Waals surface area contributed by atoms with Gasteiger partial charge in [-0.15, -0.1) is 0 Å². The summed E-state index contributed by atoms with van der Waals surface area (Å²) in [5.74, 6) is -0.0486. The van der Waals surface area contributed by atoms with E-state index in [-0.39, 0.29) is 11.4 Å². The van der Waals surface area contributed by atoms with Gasteiger partial charge in [0.25, 0.3) is 0 Å². The number of amides is 2. The van der Waals surface area contributed by atoms with Crippen LogP contribution in [0.5, 0.6) is 5.75 Å². The lowest BCUT2D eigenvalue weighted by Crippen LogP contribution is -2.19. The van der Waals surface area contributed by atoms with Crippen molar-refractivity contribution in [3.63, 3.8) is 0 Å². The first-order chi connectivity index (χ1) is 11.1. The van der Waals surface area contributed by atoms with Gasteiger partial charge in [0.15, 0.2) is 0 Å². The first kappa shape index (κ1) is 15.0. The van der Waals surface area contributed by atoms with Gasteiger partial charge in [0, 0.05) is 28.8 Å². The van der Waals surface area contributed by atoms with Gasteiger partial charge in [-0.1, -0.05) is 11.6 Å². The number of hydrogen-bond donors (Lipinski definition) is 3. The Balaban J connectivity index is 1.67. The summed E-state index contributed by atoms with van der Waals surface area (Å²) in [7, 11) is 0. The number of anilines is 2. The van der Waals surface area contributed by atoms with Gasteiger partial charge in [0.1, 0.15) is 5.75 Å². The minimum absolute atomic E-state index is 0.0486. The minimum atomic E-state index is -0.462. The summed E-state index contributed by atoms with van der Waals surface area (Å²) in [4.78, 5) is 12.0. The van der Waals surface area contributed by atoms with E-state index in [9.17, 15) is 9.90 Å². The number of halogens is 1. The maximum atomic E-state index is 12.0. The molecule has 0 atom stereocenters. The maximum absolute atomic E-state index is 12.0. The van der Waals surface area contributed by atoms with Crippen LogP contribution in [0, 0.1) is 0 Å². The summed E-state index contributed by atoms with van der Waals surface area (Å²) < 4.78 is 1.97. The Bertz CT molecular complexity index is 814. The molecule has 23 heavy (non-hydrogen) atoms. The zero-order valence-corrected chi connectivity index (χ0v) is 12.8. The van der Waals surface area contributed by atoms with Crippen molar-refractivity contribution in [1.82, 2.24) is 4.57 Å². The van der Waals surface area contributed by atoms with Crippen molar-refractivity contribution < 1.29 is 9.90 Å². The number of carbonyl (C=O) groups is 1. The zero-order valence-electron chi connectivity index (χ0n) is 12.0. The van der Waals surface area contributed by atoms with Crippen LogP contribution < -0.4 is 10.6 Å². The monoisotopic (exact) mass is 327 g/mol. The molecule has 3 N–H and O–H groups in total. The number of phenolic OH excluding ortho intramolecular Hbond substituents is 1. The Morgan fingerprint density at radius 3 is 2.39 bits per heavy atom. The number of aromatic nitrogens is 1. The number of nitrogens with one attached hydrogen (secondary N) is 2. The third-order valence-corrected chi connectivity index (χ3v) is 3.47. The number of urea groups is 1. The van der Waals surface area contributed by atoms with Gasteiger partial charge in [-0.3, -0.25) is 0 Å². The summed E-state index contributed by atoms with van der Waals surface area (Å²) in [5, 5.41) is 15.4. The molecule has 0 aliphatic carbocycles. The molecular formula is C17H14ClN3O2. The fourth-order valence-corrected chi connectivity index (χ4v) is 2.29. The highest BCUT2D eigenvalue weighted by Gasteiger charge is 2.07. The van der Waals surface area contributed by atoms with E-state index in [1.807, 2.05) is 41.2 Å². The van der Waals surface area contributed by atoms with Crippen LogP contribution in [0.1, 0.15) is 0 Å². The average molecular weight is 328 g/mol. The summed E-state index contributed by atoms with van der Waals surface area (Å²) >= 11 is 5.84. The fraction of sp³-hybridized carbons (Fsp3) is 0. The number of benzene rings is 2. The molecule has 0 aliphatic heterocycles. The van der Waals surface area contributed by atoms with Crippen molar-refractivity contribution in [3.8, 4) is 11.4 Å². The Kier molecular flexibility index (Phi) is 4.21. The number of aromatic hydroxyl groups is 1. The molecule has 0 unspecified atom stereocenters. The van der Waals surface area contributed by atoms with Crippen molar-refractivity contribution in [2.45, 2.75) is 0 Å². The second kappa shape index (κ2) is 6.46. The molecule has 0 aliphatic rings. The highest BCUT2D eigenvalue weighted by atomic mass is 35.5. The van der Waals surface area contributed by atoms with Gasteiger partial charge in [0.2, 0.25) is 0 Å². The zero-order chi connectivity index (χ0) is 16.2. The third-order valence-electron chi connectivity index (χ3n) is 3.23. The quantitative estimate of drug-likeness (QED) is 0.621. The molecule has 3 aromatic rings. The van der Waals surface area contributed by atoms with Gasteiger partial charge < -0.3 is 20.3 Å². The molecule has 1 aromatic heterocycles. The van der Waals surface area contributed by atoms with Crippen LogP contribution >= 0.6 is 11.6 Å². The maximum Gasteiger partial charge on any atom is 0.323 e. The SMILES string of the molecule is O=C(Nc1ccc(-n2cccc2)cc1)Nc1cc(Cl)ccc1O. The van der Waals surface area contributed by atoms with Gasteiger partial charge >= 0.3 is 6.03 Å². The molecule has 0 saturated heterocycles. The summed E-state index contributed by atoms with van der Waals surface area (Å²) in [6.07, 6.45) is 3.88. The van der Waals surface area contributed by atoms with E-state index in [4.69, 9.17) is 11.6 Å². The van der Waals surface area contributed by atoms with Crippen molar-refractivity contribution >= 4 is 29.0 Å². The van der Waals surface area contributed by atoms with Crippen molar-refractivity contribution in [3.05, 3.63) is 72.0 Å². The van der Waals surface area contributed by atoms with E-state index >= 15 is 0 Å². The summed E-state index contributed by atoms with van der Waals surface area (Å²) in [6, 6.07) is 15.2. The molecule has 2 amide bonds. The molecule has 3 rings (SSSR count). The molecule has 0 fully saturated rings. The second-order valence-electron chi connectivity index (χ2n) is 4.88. The van der Waals surface area contributed by atoms with Crippen LogP contribution in [-0.2, 0) is 0 Å². The predicted molar refractivity (Wildman–Crippen MR) is 91.5 cm³/mol. The smallest absolute Gasteiger partial charge is 0.323 e. The molecule has 0 spiro atoms. The Morgan fingerprint density at radius 1 is 1.00 bits per heavy atom. The van der Waals surface area contributed by atoms with E-state index in [1.165, 1.54) is 12.1 Å². The van der Waals surface area contributed by atoms with Crippen molar-refractivity contribution in [2.24, 2.45) is 0 Å². The summed E-state index contributed by atoms with van der Waals surface area (Å²) in [6.45, 7) is 0. The lowest BCUT2D eigenvalue weighted by atomic mass is 10.2. The lowest BCUT2D eigenvalue weighted by Gasteiger charge is -2.10. The highest BCUT2D eigenvalue weighted by molar-refractivity contribution is 6.31. The lowest BCUT2D eigenvalue weighted by molar-refractivity contribution is 0.262. The van der Waals surface area contributed by atoms with E-state index < -0.39 is 6.03 Å². The predicted octanol–water partition coefficient (Wildman–Crippen LogP) is 4.48. The molecule has 0 radical (unpaired) electrons. The van der Waals surface area contributed by atoms with Crippen LogP contribution in [0.25, 0.3) is 5.69 Å². The number of rotatable bonds is 3. The molecule has 0 bridgehead atoms. The number of hydrogen-bond acceptors (Lipinski definition) is 2. The number of phenols is 1. The molecule has 0 saturated carbocycles.